The van der Waals surface area contributed by atoms with Crippen LogP contribution in [0.15, 0.2) is 22.9 Å². The van der Waals surface area contributed by atoms with Gasteiger partial charge in [0.1, 0.15) is 11.9 Å². The van der Waals surface area contributed by atoms with Crippen LogP contribution >= 0.6 is 0 Å². The van der Waals surface area contributed by atoms with Gasteiger partial charge in [-0.25, -0.2) is 4.98 Å². The van der Waals surface area contributed by atoms with E-state index in [0.717, 1.165) is 30.9 Å². The summed E-state index contributed by atoms with van der Waals surface area (Å²) >= 11 is 0. The number of amides is 1. The fourth-order valence-electron chi connectivity index (χ4n) is 2.99. The molecule has 3 heterocycles. The van der Waals surface area contributed by atoms with Gasteiger partial charge in [0, 0.05) is 44.1 Å². The molecule has 1 aliphatic heterocycles. The second-order valence-corrected chi connectivity index (χ2v) is 6.72. The molecular weight excluding hydrogens is 365 g/mol. The predicted octanol–water partition coefficient (Wildman–Crippen LogP) is 3.04. The van der Waals surface area contributed by atoms with E-state index in [1.165, 1.54) is 0 Å². The van der Waals surface area contributed by atoms with Gasteiger partial charge in [0.05, 0.1) is 0 Å². The number of nitrogens with zero attached hydrogens (tertiary/aromatic N) is 4. The molecule has 2 aromatic rings. The molecule has 1 saturated heterocycles. The lowest BCUT2D eigenvalue weighted by Crippen LogP contribution is -2.42. The van der Waals surface area contributed by atoms with Gasteiger partial charge in [-0.2, -0.15) is 18.2 Å². The number of likely N-dealkylation sites (tertiary alicyclic amines) is 1. The highest BCUT2D eigenvalue weighted by molar-refractivity contribution is 5.92. The topological polar surface area (TPSA) is 81.4 Å². The zero-order valence-corrected chi connectivity index (χ0v) is 14.3. The molecule has 144 valence electrons. The van der Waals surface area contributed by atoms with E-state index in [-0.39, 0.29) is 23.7 Å². The Morgan fingerprint density at radius 1 is 1.22 bits per heavy atom. The second-order valence-electron chi connectivity index (χ2n) is 6.72. The molecule has 7 nitrogen and oxygen atoms in total. The highest BCUT2D eigenvalue weighted by Crippen LogP contribution is 2.40. The smallest absolute Gasteiger partial charge is 0.433 e. The van der Waals surface area contributed by atoms with Crippen molar-refractivity contribution >= 4 is 5.91 Å². The number of piperidine rings is 1. The molecule has 2 aliphatic rings. The monoisotopic (exact) mass is 382 g/mol. The normalized spacial score (nSPS) is 18.6. The molecule has 1 amide bonds. The molecule has 0 atom stereocenters. The van der Waals surface area contributed by atoms with Gasteiger partial charge >= 0.3 is 12.2 Å². The van der Waals surface area contributed by atoms with Crippen molar-refractivity contribution in [3.05, 3.63) is 35.5 Å². The Morgan fingerprint density at radius 2 is 1.96 bits per heavy atom. The quantitative estimate of drug-likeness (QED) is 0.809. The molecule has 0 spiro atoms. The summed E-state index contributed by atoms with van der Waals surface area (Å²) in [5, 5.41) is 3.85. The van der Waals surface area contributed by atoms with Gasteiger partial charge in [0.15, 0.2) is 11.4 Å². The lowest BCUT2D eigenvalue weighted by Gasteiger charge is -2.31. The second kappa shape index (κ2) is 6.82. The van der Waals surface area contributed by atoms with Gasteiger partial charge in [-0.05, 0) is 18.9 Å². The molecule has 0 aromatic carbocycles. The Labute approximate surface area is 152 Å². The summed E-state index contributed by atoms with van der Waals surface area (Å²) in [7, 11) is 0. The first-order valence-electron chi connectivity index (χ1n) is 8.73. The van der Waals surface area contributed by atoms with Gasteiger partial charge in [0.25, 0.3) is 5.91 Å². The van der Waals surface area contributed by atoms with Crippen molar-refractivity contribution in [3.63, 3.8) is 0 Å². The fourth-order valence-corrected chi connectivity index (χ4v) is 2.99. The molecule has 1 saturated carbocycles. The fraction of sp³-hybridized carbons (Fsp3) is 0.529. The average molecular weight is 382 g/mol. The number of carbonyl (C=O) groups excluding carboxylic acids is 1. The van der Waals surface area contributed by atoms with Crippen molar-refractivity contribution in [1.29, 1.82) is 0 Å². The first kappa shape index (κ1) is 17.7. The van der Waals surface area contributed by atoms with E-state index in [1.807, 2.05) is 0 Å². The Bertz CT molecular complexity index is 827. The van der Waals surface area contributed by atoms with Crippen LogP contribution in [0.4, 0.5) is 13.2 Å². The van der Waals surface area contributed by atoms with Gasteiger partial charge < -0.3 is 14.2 Å². The number of ether oxygens (including phenoxy) is 1. The Kier molecular flexibility index (Phi) is 4.48. The Hall–Kier alpha value is -2.65. The third-order valence-corrected chi connectivity index (χ3v) is 4.65. The number of carbonyl (C=O) groups is 1. The zero-order chi connectivity index (χ0) is 19.0. The molecule has 10 heteroatoms. The van der Waals surface area contributed by atoms with Crippen LogP contribution in [0.3, 0.4) is 0 Å². The van der Waals surface area contributed by atoms with E-state index >= 15 is 0 Å². The van der Waals surface area contributed by atoms with Crippen molar-refractivity contribution in [1.82, 2.24) is 20.0 Å². The lowest BCUT2D eigenvalue weighted by molar-refractivity contribution is -0.141. The molecule has 0 bridgehead atoms. The highest BCUT2D eigenvalue weighted by atomic mass is 19.4. The van der Waals surface area contributed by atoms with E-state index < -0.39 is 11.9 Å². The Morgan fingerprint density at radius 3 is 2.63 bits per heavy atom. The van der Waals surface area contributed by atoms with Crippen LogP contribution in [0.25, 0.3) is 0 Å². The van der Waals surface area contributed by atoms with Gasteiger partial charge in [-0.1, -0.05) is 5.16 Å². The van der Waals surface area contributed by atoms with E-state index in [2.05, 4.69) is 15.1 Å². The van der Waals surface area contributed by atoms with Crippen LogP contribution in [0.1, 0.15) is 53.5 Å². The van der Waals surface area contributed by atoms with Crippen LogP contribution in [-0.2, 0) is 6.18 Å². The molecular formula is C17H17F3N4O3. The van der Waals surface area contributed by atoms with Crippen molar-refractivity contribution in [2.24, 2.45) is 0 Å². The van der Waals surface area contributed by atoms with Crippen molar-refractivity contribution in [2.75, 3.05) is 13.1 Å². The largest absolute Gasteiger partial charge is 0.460 e. The molecule has 2 aromatic heterocycles. The maximum absolute atomic E-state index is 12.7. The summed E-state index contributed by atoms with van der Waals surface area (Å²) in [5.41, 5.74) is -0.755. The van der Waals surface area contributed by atoms with E-state index in [0.29, 0.717) is 31.8 Å². The van der Waals surface area contributed by atoms with E-state index in [4.69, 9.17) is 9.26 Å². The van der Waals surface area contributed by atoms with Crippen LogP contribution in [0.5, 0.6) is 6.01 Å². The first-order valence-corrected chi connectivity index (χ1v) is 8.73. The Balaban J connectivity index is 1.32. The molecule has 0 radical (unpaired) electrons. The number of alkyl halides is 3. The maximum Gasteiger partial charge on any atom is 0.433 e. The third kappa shape index (κ3) is 4.04. The van der Waals surface area contributed by atoms with Crippen LogP contribution < -0.4 is 4.74 Å². The minimum atomic E-state index is -4.55. The molecule has 0 unspecified atom stereocenters. The SMILES string of the molecule is O=C(c1cc(C2CC2)on1)N1CCC(Oc2nccc(C(F)(F)F)n2)CC1. The summed E-state index contributed by atoms with van der Waals surface area (Å²) in [6, 6.07) is 2.18. The molecule has 27 heavy (non-hydrogen) atoms. The van der Waals surface area contributed by atoms with Crippen LogP contribution in [-0.4, -0.2) is 45.1 Å². The average Bonchev–Trinajstić information content (AvgIpc) is 3.38. The summed E-state index contributed by atoms with van der Waals surface area (Å²) in [6.45, 7) is 0.822. The predicted molar refractivity (Wildman–Crippen MR) is 85.1 cm³/mol. The summed E-state index contributed by atoms with van der Waals surface area (Å²) in [4.78, 5) is 21.3. The highest BCUT2D eigenvalue weighted by Gasteiger charge is 2.34. The van der Waals surface area contributed by atoms with Crippen molar-refractivity contribution in [3.8, 4) is 6.01 Å². The number of rotatable bonds is 4. The summed E-state index contributed by atoms with van der Waals surface area (Å²) < 4.78 is 48.8. The van der Waals surface area contributed by atoms with Crippen LogP contribution in [0.2, 0.25) is 0 Å². The number of hydrogen-bond acceptors (Lipinski definition) is 6. The third-order valence-electron chi connectivity index (χ3n) is 4.65. The van der Waals surface area contributed by atoms with E-state index in [1.54, 1.807) is 11.0 Å². The minimum Gasteiger partial charge on any atom is -0.460 e. The maximum atomic E-state index is 12.7. The van der Waals surface area contributed by atoms with Gasteiger partial charge in [-0.3, -0.25) is 4.79 Å². The summed E-state index contributed by atoms with van der Waals surface area (Å²) in [6.07, 6.45) is -0.819. The summed E-state index contributed by atoms with van der Waals surface area (Å²) in [5.74, 6) is 0.920. The zero-order valence-electron chi connectivity index (χ0n) is 14.3. The molecule has 2 fully saturated rings. The number of hydrogen-bond donors (Lipinski definition) is 0. The van der Waals surface area contributed by atoms with E-state index in [9.17, 15) is 18.0 Å². The van der Waals surface area contributed by atoms with Crippen molar-refractivity contribution < 1.29 is 27.2 Å². The van der Waals surface area contributed by atoms with Crippen LogP contribution in [0, 0.1) is 0 Å². The minimum absolute atomic E-state index is 0.209. The number of aromatic nitrogens is 3. The molecule has 0 N–H and O–H groups in total. The van der Waals surface area contributed by atoms with Gasteiger partial charge in [0.2, 0.25) is 0 Å². The lowest BCUT2D eigenvalue weighted by atomic mass is 10.1. The molecule has 4 rings (SSSR count). The number of halogens is 3. The molecule has 1 aliphatic carbocycles. The standard InChI is InChI=1S/C17H17F3N4O3/c18-17(19,20)14-3-6-21-16(22-14)26-11-4-7-24(8-5-11)15(25)12-9-13(27-23-12)10-1-2-10/h3,6,9-11H,1-2,4-5,7-8H2. The first-order chi connectivity index (χ1) is 12.9. The van der Waals surface area contributed by atoms with Gasteiger partial charge in [-0.15, -0.1) is 0 Å². The van der Waals surface area contributed by atoms with Crippen molar-refractivity contribution in [2.45, 2.75) is 43.9 Å².